The van der Waals surface area contributed by atoms with Gasteiger partial charge in [-0.15, -0.1) is 0 Å². The second kappa shape index (κ2) is 5.51. The molecule has 1 aliphatic rings. The summed E-state index contributed by atoms with van der Waals surface area (Å²) in [5.74, 6) is 0.777. The lowest BCUT2D eigenvalue weighted by molar-refractivity contribution is 0.0699. The van der Waals surface area contributed by atoms with Crippen LogP contribution in [0.3, 0.4) is 0 Å². The molecule has 1 N–H and O–H groups in total. The van der Waals surface area contributed by atoms with Crippen molar-refractivity contribution in [2.45, 2.75) is 52.0 Å². The van der Waals surface area contributed by atoms with E-state index in [1.165, 1.54) is 19.3 Å². The van der Waals surface area contributed by atoms with Gasteiger partial charge in [0.2, 0.25) is 0 Å². The molecule has 1 aromatic carbocycles. The minimum absolute atomic E-state index is 0.314. The molecule has 0 aliphatic heterocycles. The lowest BCUT2D eigenvalue weighted by atomic mass is 10.1. The van der Waals surface area contributed by atoms with E-state index >= 15 is 0 Å². The van der Waals surface area contributed by atoms with E-state index in [1.54, 1.807) is 6.07 Å². The molecule has 2 atom stereocenters. The van der Waals surface area contributed by atoms with E-state index in [9.17, 15) is 9.90 Å². The monoisotopic (exact) mass is 286 g/mol. The molecule has 1 heterocycles. The van der Waals surface area contributed by atoms with Gasteiger partial charge in [-0.2, -0.15) is 0 Å². The van der Waals surface area contributed by atoms with Gasteiger partial charge in [-0.3, -0.25) is 0 Å². The Labute approximate surface area is 124 Å². The van der Waals surface area contributed by atoms with Crippen LogP contribution in [0.4, 0.5) is 0 Å². The molecule has 2 unspecified atom stereocenters. The van der Waals surface area contributed by atoms with Crippen molar-refractivity contribution in [3.05, 3.63) is 29.6 Å². The van der Waals surface area contributed by atoms with E-state index in [2.05, 4.69) is 23.4 Å². The molecule has 112 valence electrons. The number of nitrogens with zero attached hydrogens (tertiary/aromatic N) is 2. The summed E-state index contributed by atoms with van der Waals surface area (Å²) in [6.45, 7) is 4.43. The second-order valence-electron chi connectivity index (χ2n) is 6.10. The summed E-state index contributed by atoms with van der Waals surface area (Å²) in [6, 6.07) is 5.95. The number of benzene rings is 1. The van der Waals surface area contributed by atoms with E-state index in [0.717, 1.165) is 24.2 Å². The Hall–Kier alpha value is -1.84. The van der Waals surface area contributed by atoms with Gasteiger partial charge in [0, 0.05) is 12.5 Å². The standard InChI is InChI=1S/C17H22N2O2/c1-3-6-15-18-16-12(17(20)21)8-5-10-14(16)19(15)13-9-4-7-11(13)2/h5,8,10-11,13H,3-4,6-7,9H2,1-2H3,(H,20,21). The van der Waals surface area contributed by atoms with Crippen molar-refractivity contribution in [1.29, 1.82) is 0 Å². The Balaban J connectivity index is 2.22. The number of carboxylic acids is 1. The van der Waals surface area contributed by atoms with E-state index in [1.807, 2.05) is 12.1 Å². The van der Waals surface area contributed by atoms with E-state index in [4.69, 9.17) is 0 Å². The first kappa shape index (κ1) is 14.1. The van der Waals surface area contributed by atoms with Gasteiger partial charge < -0.3 is 9.67 Å². The molecule has 0 spiro atoms. The largest absolute Gasteiger partial charge is 0.478 e. The Morgan fingerprint density at radius 1 is 1.43 bits per heavy atom. The molecule has 4 heteroatoms. The highest BCUT2D eigenvalue weighted by Gasteiger charge is 2.29. The molecule has 1 aliphatic carbocycles. The Bertz CT molecular complexity index is 675. The quantitative estimate of drug-likeness (QED) is 0.922. The summed E-state index contributed by atoms with van der Waals surface area (Å²) in [6.07, 6.45) is 5.58. The van der Waals surface area contributed by atoms with Crippen LogP contribution < -0.4 is 0 Å². The number of hydrogen-bond donors (Lipinski definition) is 1. The molecular formula is C17H22N2O2. The third-order valence-electron chi connectivity index (χ3n) is 4.65. The summed E-state index contributed by atoms with van der Waals surface area (Å²) in [4.78, 5) is 16.1. The van der Waals surface area contributed by atoms with Crippen molar-refractivity contribution in [2.75, 3.05) is 0 Å². The van der Waals surface area contributed by atoms with Gasteiger partial charge in [-0.25, -0.2) is 9.78 Å². The number of aryl methyl sites for hydroxylation is 1. The van der Waals surface area contributed by atoms with E-state index in [0.29, 0.717) is 23.0 Å². The third kappa shape index (κ3) is 2.33. The summed E-state index contributed by atoms with van der Waals surface area (Å²) in [7, 11) is 0. The molecule has 1 aromatic heterocycles. The Kier molecular flexibility index (Phi) is 3.70. The average molecular weight is 286 g/mol. The van der Waals surface area contributed by atoms with Crippen LogP contribution >= 0.6 is 0 Å². The van der Waals surface area contributed by atoms with Crippen LogP contribution in [0.5, 0.6) is 0 Å². The lowest BCUT2D eigenvalue weighted by Gasteiger charge is -2.21. The molecular weight excluding hydrogens is 264 g/mol. The van der Waals surface area contributed by atoms with Crippen molar-refractivity contribution in [3.63, 3.8) is 0 Å². The minimum atomic E-state index is -0.896. The maximum Gasteiger partial charge on any atom is 0.337 e. The van der Waals surface area contributed by atoms with Crippen LogP contribution in [0, 0.1) is 5.92 Å². The maximum atomic E-state index is 11.4. The molecule has 1 saturated carbocycles. The topological polar surface area (TPSA) is 55.1 Å². The second-order valence-corrected chi connectivity index (χ2v) is 6.10. The van der Waals surface area contributed by atoms with Gasteiger partial charge >= 0.3 is 5.97 Å². The number of aromatic carboxylic acids is 1. The Morgan fingerprint density at radius 2 is 2.24 bits per heavy atom. The molecule has 21 heavy (non-hydrogen) atoms. The Morgan fingerprint density at radius 3 is 2.86 bits per heavy atom. The number of carbonyl (C=O) groups is 1. The zero-order valence-electron chi connectivity index (χ0n) is 12.7. The fraction of sp³-hybridized carbons (Fsp3) is 0.529. The van der Waals surface area contributed by atoms with Gasteiger partial charge in [0.15, 0.2) is 0 Å². The first-order valence-electron chi connectivity index (χ1n) is 7.86. The van der Waals surface area contributed by atoms with Crippen molar-refractivity contribution in [1.82, 2.24) is 9.55 Å². The number of rotatable bonds is 4. The van der Waals surface area contributed by atoms with Crippen LogP contribution in [0.25, 0.3) is 11.0 Å². The van der Waals surface area contributed by atoms with Crippen LogP contribution in [-0.4, -0.2) is 20.6 Å². The minimum Gasteiger partial charge on any atom is -0.478 e. The molecule has 0 saturated heterocycles. The van der Waals surface area contributed by atoms with Gasteiger partial charge in [-0.1, -0.05) is 26.3 Å². The molecule has 2 aromatic rings. The van der Waals surface area contributed by atoms with Crippen molar-refractivity contribution >= 4 is 17.0 Å². The fourth-order valence-corrected chi connectivity index (χ4v) is 3.62. The number of carboxylic acid groups (broad SMARTS) is 1. The third-order valence-corrected chi connectivity index (χ3v) is 4.65. The summed E-state index contributed by atoms with van der Waals surface area (Å²) in [5, 5.41) is 9.38. The number of aromatic nitrogens is 2. The van der Waals surface area contributed by atoms with Gasteiger partial charge in [-0.05, 0) is 37.3 Å². The van der Waals surface area contributed by atoms with Crippen LogP contribution in [0.2, 0.25) is 0 Å². The normalized spacial score (nSPS) is 22.0. The molecule has 3 rings (SSSR count). The molecule has 4 nitrogen and oxygen atoms in total. The predicted octanol–water partition coefficient (Wildman–Crippen LogP) is 4.05. The average Bonchev–Trinajstić information content (AvgIpc) is 3.01. The van der Waals surface area contributed by atoms with Crippen LogP contribution in [-0.2, 0) is 6.42 Å². The summed E-state index contributed by atoms with van der Waals surface area (Å²) >= 11 is 0. The SMILES string of the molecule is CCCc1nc2c(C(=O)O)cccc2n1C1CCCC1C. The first-order valence-corrected chi connectivity index (χ1v) is 7.86. The van der Waals surface area contributed by atoms with Gasteiger partial charge in [0.1, 0.15) is 11.3 Å². The predicted molar refractivity (Wildman–Crippen MR) is 82.7 cm³/mol. The highest BCUT2D eigenvalue weighted by Crippen LogP contribution is 2.38. The zero-order chi connectivity index (χ0) is 15.0. The first-order chi connectivity index (χ1) is 10.1. The van der Waals surface area contributed by atoms with Crippen molar-refractivity contribution in [2.24, 2.45) is 5.92 Å². The maximum absolute atomic E-state index is 11.4. The van der Waals surface area contributed by atoms with E-state index in [-0.39, 0.29) is 0 Å². The van der Waals surface area contributed by atoms with Crippen molar-refractivity contribution in [3.8, 4) is 0 Å². The lowest BCUT2D eigenvalue weighted by Crippen LogP contribution is -2.14. The zero-order valence-corrected chi connectivity index (χ0v) is 12.7. The number of imidazole rings is 1. The van der Waals surface area contributed by atoms with Gasteiger partial charge in [0.05, 0.1) is 11.1 Å². The van der Waals surface area contributed by atoms with Crippen LogP contribution in [0.1, 0.15) is 61.8 Å². The van der Waals surface area contributed by atoms with Crippen molar-refractivity contribution < 1.29 is 9.90 Å². The van der Waals surface area contributed by atoms with E-state index < -0.39 is 5.97 Å². The molecule has 1 fully saturated rings. The summed E-state index contributed by atoms with van der Waals surface area (Å²) in [5.41, 5.74) is 1.94. The molecule has 0 radical (unpaired) electrons. The smallest absolute Gasteiger partial charge is 0.337 e. The molecule has 0 bridgehead atoms. The number of hydrogen-bond acceptors (Lipinski definition) is 2. The highest BCUT2D eigenvalue weighted by molar-refractivity contribution is 6.01. The molecule has 0 amide bonds. The van der Waals surface area contributed by atoms with Gasteiger partial charge in [0.25, 0.3) is 0 Å². The fourth-order valence-electron chi connectivity index (χ4n) is 3.62. The number of para-hydroxylation sites is 1. The van der Waals surface area contributed by atoms with Crippen LogP contribution in [0.15, 0.2) is 18.2 Å². The number of fused-ring (bicyclic) bond motifs is 1. The summed E-state index contributed by atoms with van der Waals surface area (Å²) < 4.78 is 2.32. The highest BCUT2D eigenvalue weighted by atomic mass is 16.4.